The Morgan fingerprint density at radius 2 is 1.94 bits per heavy atom. The largest absolute Gasteiger partial charge is 0.394 e. The van der Waals surface area contributed by atoms with Crippen LogP contribution < -0.4 is 5.32 Å². The zero-order chi connectivity index (χ0) is 13.0. The van der Waals surface area contributed by atoms with Gasteiger partial charge in [-0.05, 0) is 51.0 Å². The van der Waals surface area contributed by atoms with Gasteiger partial charge in [0.05, 0.1) is 12.1 Å². The molecule has 0 amide bonds. The maximum Gasteiger partial charge on any atom is 0.0623 e. The molecule has 18 heavy (non-hydrogen) atoms. The molecule has 0 aromatic carbocycles. The van der Waals surface area contributed by atoms with Crippen LogP contribution in [0.3, 0.4) is 0 Å². The lowest BCUT2D eigenvalue weighted by molar-refractivity contribution is 0.0477. The second kappa shape index (κ2) is 6.36. The van der Waals surface area contributed by atoms with Crippen molar-refractivity contribution < 1.29 is 5.11 Å². The molecule has 1 aliphatic heterocycles. The van der Waals surface area contributed by atoms with E-state index < -0.39 is 0 Å². The number of aliphatic hydroxyl groups is 1. The van der Waals surface area contributed by atoms with Crippen LogP contribution in [0.4, 0.5) is 0 Å². The van der Waals surface area contributed by atoms with Crippen molar-refractivity contribution in [3.63, 3.8) is 0 Å². The average molecular weight is 254 g/mol. The van der Waals surface area contributed by atoms with Crippen LogP contribution in [-0.2, 0) is 0 Å². The van der Waals surface area contributed by atoms with Crippen molar-refractivity contribution in [3.05, 3.63) is 0 Å². The molecule has 2 aliphatic rings. The van der Waals surface area contributed by atoms with Crippen molar-refractivity contribution >= 4 is 0 Å². The second-order valence-corrected chi connectivity index (χ2v) is 6.74. The molecule has 0 radical (unpaired) electrons. The first kappa shape index (κ1) is 14.3. The third-order valence-electron chi connectivity index (χ3n) is 4.65. The maximum atomic E-state index is 9.66. The lowest BCUT2D eigenvalue weighted by Crippen LogP contribution is -2.57. The van der Waals surface area contributed by atoms with Crippen LogP contribution in [0.2, 0.25) is 0 Å². The van der Waals surface area contributed by atoms with Crippen molar-refractivity contribution in [2.45, 2.75) is 51.5 Å². The second-order valence-electron chi connectivity index (χ2n) is 6.74. The number of hydrogen-bond acceptors (Lipinski definition) is 3. The predicted molar refractivity (Wildman–Crippen MR) is 75.7 cm³/mol. The number of likely N-dealkylation sites (tertiary alicyclic amines) is 1. The van der Waals surface area contributed by atoms with Crippen LogP contribution in [0.25, 0.3) is 0 Å². The molecular formula is C15H30N2O. The van der Waals surface area contributed by atoms with E-state index in [1.807, 2.05) is 0 Å². The highest BCUT2D eigenvalue weighted by Crippen LogP contribution is 2.34. The molecule has 3 atom stereocenters. The fourth-order valence-electron chi connectivity index (χ4n) is 3.75. The predicted octanol–water partition coefficient (Wildman–Crippen LogP) is 1.86. The van der Waals surface area contributed by atoms with Gasteiger partial charge in [0.2, 0.25) is 0 Å². The summed E-state index contributed by atoms with van der Waals surface area (Å²) in [5, 5.41) is 13.2. The maximum absolute atomic E-state index is 9.66. The standard InChI is InChI=1S/C15H30N2O/c1-3-7-16-15(2,12-18)11-17-9-13-5-4-6-14(8-13)10-17/h13-14,16,18H,3-12H2,1-2H3. The van der Waals surface area contributed by atoms with Gasteiger partial charge >= 0.3 is 0 Å². The van der Waals surface area contributed by atoms with Gasteiger partial charge in [0.1, 0.15) is 0 Å². The summed E-state index contributed by atoms with van der Waals surface area (Å²) in [6.07, 6.45) is 6.86. The summed E-state index contributed by atoms with van der Waals surface area (Å²) in [5.74, 6) is 1.85. The molecule has 1 heterocycles. The first-order valence-electron chi connectivity index (χ1n) is 7.73. The fraction of sp³-hybridized carbons (Fsp3) is 1.00. The molecule has 1 saturated heterocycles. The first-order valence-corrected chi connectivity index (χ1v) is 7.73. The van der Waals surface area contributed by atoms with Gasteiger partial charge in [-0.1, -0.05) is 13.3 Å². The third-order valence-corrected chi connectivity index (χ3v) is 4.65. The summed E-state index contributed by atoms with van der Waals surface area (Å²) in [5.41, 5.74) is -0.123. The van der Waals surface area contributed by atoms with Gasteiger partial charge in [-0.2, -0.15) is 0 Å². The molecule has 3 nitrogen and oxygen atoms in total. The van der Waals surface area contributed by atoms with Crippen molar-refractivity contribution in [2.75, 3.05) is 32.8 Å². The highest BCUT2D eigenvalue weighted by Gasteiger charge is 2.34. The Balaban J connectivity index is 1.87. The number of nitrogens with one attached hydrogen (secondary N) is 1. The molecule has 2 N–H and O–H groups in total. The quantitative estimate of drug-likeness (QED) is 0.759. The third kappa shape index (κ3) is 3.69. The molecular weight excluding hydrogens is 224 g/mol. The van der Waals surface area contributed by atoms with E-state index in [-0.39, 0.29) is 12.1 Å². The molecule has 2 rings (SSSR count). The Morgan fingerprint density at radius 3 is 2.50 bits per heavy atom. The Hall–Kier alpha value is -0.120. The Labute approximate surface area is 112 Å². The minimum atomic E-state index is -0.123. The normalized spacial score (nSPS) is 32.2. The van der Waals surface area contributed by atoms with Crippen LogP contribution in [0.15, 0.2) is 0 Å². The minimum Gasteiger partial charge on any atom is -0.394 e. The van der Waals surface area contributed by atoms with Gasteiger partial charge in [0, 0.05) is 19.6 Å². The zero-order valence-corrected chi connectivity index (χ0v) is 12.1. The van der Waals surface area contributed by atoms with E-state index in [0.717, 1.165) is 31.3 Å². The smallest absolute Gasteiger partial charge is 0.0623 e. The summed E-state index contributed by atoms with van der Waals surface area (Å²) in [6, 6.07) is 0. The molecule has 1 aliphatic carbocycles. The average Bonchev–Trinajstić information content (AvgIpc) is 2.36. The van der Waals surface area contributed by atoms with Crippen molar-refractivity contribution in [1.29, 1.82) is 0 Å². The van der Waals surface area contributed by atoms with E-state index in [0.29, 0.717) is 0 Å². The molecule has 3 unspecified atom stereocenters. The molecule has 0 spiro atoms. The number of piperidine rings is 1. The van der Waals surface area contributed by atoms with E-state index in [1.54, 1.807) is 0 Å². The summed E-state index contributed by atoms with van der Waals surface area (Å²) in [6.45, 7) is 9.07. The number of rotatable bonds is 6. The molecule has 0 aromatic rings. The van der Waals surface area contributed by atoms with Gasteiger partial charge in [-0.25, -0.2) is 0 Å². The molecule has 106 valence electrons. The summed E-state index contributed by atoms with van der Waals surface area (Å²) in [4.78, 5) is 2.59. The van der Waals surface area contributed by atoms with Crippen LogP contribution in [0.5, 0.6) is 0 Å². The summed E-state index contributed by atoms with van der Waals surface area (Å²) in [7, 11) is 0. The molecule has 2 fully saturated rings. The first-order chi connectivity index (χ1) is 8.65. The minimum absolute atomic E-state index is 0.123. The number of nitrogens with zero attached hydrogens (tertiary/aromatic N) is 1. The van der Waals surface area contributed by atoms with Gasteiger partial charge in [-0.15, -0.1) is 0 Å². The van der Waals surface area contributed by atoms with E-state index in [4.69, 9.17) is 0 Å². The monoisotopic (exact) mass is 254 g/mol. The Kier molecular flexibility index (Phi) is 5.05. The Morgan fingerprint density at radius 1 is 1.28 bits per heavy atom. The van der Waals surface area contributed by atoms with E-state index >= 15 is 0 Å². The molecule has 1 saturated carbocycles. The lowest BCUT2D eigenvalue weighted by atomic mass is 9.77. The van der Waals surface area contributed by atoms with Crippen LogP contribution in [0.1, 0.15) is 46.0 Å². The molecule has 2 bridgehead atoms. The highest BCUT2D eigenvalue weighted by molar-refractivity contribution is 4.90. The number of aliphatic hydroxyl groups excluding tert-OH is 1. The van der Waals surface area contributed by atoms with E-state index in [2.05, 4.69) is 24.1 Å². The highest BCUT2D eigenvalue weighted by atomic mass is 16.3. The van der Waals surface area contributed by atoms with E-state index in [1.165, 1.54) is 38.8 Å². The van der Waals surface area contributed by atoms with Gasteiger partial charge in [-0.3, -0.25) is 0 Å². The molecule has 3 heteroatoms. The SMILES string of the molecule is CCCNC(C)(CO)CN1CC2CCCC(C2)C1. The fourth-order valence-corrected chi connectivity index (χ4v) is 3.75. The van der Waals surface area contributed by atoms with Crippen molar-refractivity contribution in [1.82, 2.24) is 10.2 Å². The number of hydrogen-bond donors (Lipinski definition) is 2. The van der Waals surface area contributed by atoms with Gasteiger partial charge in [0.25, 0.3) is 0 Å². The van der Waals surface area contributed by atoms with Crippen LogP contribution in [0, 0.1) is 11.8 Å². The van der Waals surface area contributed by atoms with Gasteiger partial charge in [0.15, 0.2) is 0 Å². The lowest BCUT2D eigenvalue weighted by Gasteiger charge is -2.44. The van der Waals surface area contributed by atoms with Crippen molar-refractivity contribution in [2.24, 2.45) is 11.8 Å². The zero-order valence-electron chi connectivity index (χ0n) is 12.1. The number of fused-ring (bicyclic) bond motifs is 2. The van der Waals surface area contributed by atoms with Crippen LogP contribution in [-0.4, -0.2) is 48.3 Å². The van der Waals surface area contributed by atoms with Crippen LogP contribution >= 0.6 is 0 Å². The van der Waals surface area contributed by atoms with E-state index in [9.17, 15) is 5.11 Å². The molecule has 0 aromatic heterocycles. The summed E-state index contributed by atoms with van der Waals surface area (Å²) >= 11 is 0. The van der Waals surface area contributed by atoms with Crippen molar-refractivity contribution in [3.8, 4) is 0 Å². The van der Waals surface area contributed by atoms with Gasteiger partial charge < -0.3 is 15.3 Å². The summed E-state index contributed by atoms with van der Waals surface area (Å²) < 4.78 is 0. The Bertz CT molecular complexity index is 247. The topological polar surface area (TPSA) is 35.5 Å².